The average Bonchev–Trinajstić information content (AvgIpc) is 2.87. The van der Waals surface area contributed by atoms with Crippen molar-refractivity contribution in [3.63, 3.8) is 0 Å². The fraction of sp³-hybridized carbons (Fsp3) is 0.286. The Morgan fingerprint density at radius 2 is 2.15 bits per heavy atom. The number of aromatic nitrogens is 1. The largest absolute Gasteiger partial charge is 0.467 e. The van der Waals surface area contributed by atoms with Crippen molar-refractivity contribution in [3.8, 4) is 0 Å². The Balaban J connectivity index is 2.06. The van der Waals surface area contributed by atoms with E-state index in [1.165, 1.54) is 7.11 Å². The summed E-state index contributed by atoms with van der Waals surface area (Å²) in [6.07, 6.45) is 1.88. The second-order valence-corrected chi connectivity index (χ2v) is 4.36. The summed E-state index contributed by atoms with van der Waals surface area (Å²) in [4.78, 5) is 26.3. The van der Waals surface area contributed by atoms with E-state index in [9.17, 15) is 9.59 Å². The first-order chi connectivity index (χ1) is 9.65. The third-order valence-corrected chi connectivity index (χ3v) is 3.03. The number of esters is 1. The van der Waals surface area contributed by atoms with Gasteiger partial charge in [0.2, 0.25) is 5.91 Å². The van der Waals surface area contributed by atoms with E-state index in [4.69, 9.17) is 5.11 Å². The molecule has 0 unspecified atom stereocenters. The second kappa shape index (κ2) is 6.21. The lowest BCUT2D eigenvalue weighted by Gasteiger charge is -2.13. The molecule has 20 heavy (non-hydrogen) atoms. The summed E-state index contributed by atoms with van der Waals surface area (Å²) < 4.78 is 4.49. The van der Waals surface area contributed by atoms with Crippen LogP contribution in [0.15, 0.2) is 30.5 Å². The molecule has 0 spiro atoms. The molecule has 1 amide bonds. The van der Waals surface area contributed by atoms with Crippen molar-refractivity contribution in [1.82, 2.24) is 10.3 Å². The van der Waals surface area contributed by atoms with E-state index >= 15 is 0 Å². The number of ether oxygens (including phenoxy) is 1. The molecule has 1 atom stereocenters. The molecule has 1 heterocycles. The molecule has 6 nitrogen and oxygen atoms in total. The van der Waals surface area contributed by atoms with Gasteiger partial charge in [-0.05, 0) is 11.6 Å². The van der Waals surface area contributed by atoms with E-state index in [0.717, 1.165) is 16.5 Å². The normalized spacial score (nSPS) is 12.1. The van der Waals surface area contributed by atoms with Gasteiger partial charge in [0.1, 0.15) is 0 Å². The molecule has 0 radical (unpaired) electrons. The molecule has 3 N–H and O–H groups in total. The van der Waals surface area contributed by atoms with Crippen LogP contribution in [0.2, 0.25) is 0 Å². The van der Waals surface area contributed by atoms with Crippen LogP contribution in [0, 0.1) is 0 Å². The maximum absolute atomic E-state index is 11.9. The standard InChI is InChI=1S/C14H16N2O4/c1-20-14(19)12(8-17)16-13(18)6-9-7-15-11-5-3-2-4-10(9)11/h2-5,7,12,15,17H,6,8H2,1H3,(H,16,18)/t12-/m0/s1. The van der Waals surface area contributed by atoms with Crippen molar-refractivity contribution in [2.24, 2.45) is 0 Å². The third kappa shape index (κ3) is 2.97. The maximum Gasteiger partial charge on any atom is 0.330 e. The fourth-order valence-corrected chi connectivity index (χ4v) is 2.02. The highest BCUT2D eigenvalue weighted by molar-refractivity contribution is 5.90. The zero-order chi connectivity index (χ0) is 14.5. The van der Waals surface area contributed by atoms with Gasteiger partial charge in [-0.15, -0.1) is 0 Å². The quantitative estimate of drug-likeness (QED) is 0.688. The smallest absolute Gasteiger partial charge is 0.330 e. The molecule has 0 aliphatic carbocycles. The van der Waals surface area contributed by atoms with Gasteiger partial charge in [-0.1, -0.05) is 18.2 Å². The number of benzene rings is 1. The van der Waals surface area contributed by atoms with Crippen LogP contribution in [0.3, 0.4) is 0 Å². The topological polar surface area (TPSA) is 91.4 Å². The summed E-state index contributed by atoms with van der Waals surface area (Å²) in [6, 6.07) is 6.60. The van der Waals surface area contributed by atoms with Gasteiger partial charge in [-0.25, -0.2) is 4.79 Å². The summed E-state index contributed by atoms with van der Waals surface area (Å²) in [6.45, 7) is -0.494. The number of aliphatic hydroxyl groups is 1. The first-order valence-electron chi connectivity index (χ1n) is 6.18. The molecule has 0 aliphatic rings. The maximum atomic E-state index is 11.9. The minimum Gasteiger partial charge on any atom is -0.467 e. The minimum absolute atomic E-state index is 0.123. The number of fused-ring (bicyclic) bond motifs is 1. The van der Waals surface area contributed by atoms with Gasteiger partial charge >= 0.3 is 5.97 Å². The number of hydrogen-bond acceptors (Lipinski definition) is 4. The molecule has 106 valence electrons. The van der Waals surface area contributed by atoms with Crippen LogP contribution in [0.4, 0.5) is 0 Å². The lowest BCUT2D eigenvalue weighted by atomic mass is 10.1. The van der Waals surface area contributed by atoms with Crippen LogP contribution < -0.4 is 5.32 Å². The summed E-state index contributed by atoms with van der Waals surface area (Å²) in [5.41, 5.74) is 1.78. The summed E-state index contributed by atoms with van der Waals surface area (Å²) >= 11 is 0. The molecule has 1 aromatic carbocycles. The molecular formula is C14H16N2O4. The van der Waals surface area contributed by atoms with E-state index in [-0.39, 0.29) is 12.3 Å². The zero-order valence-electron chi connectivity index (χ0n) is 11.1. The lowest BCUT2D eigenvalue weighted by molar-refractivity contribution is -0.146. The Hall–Kier alpha value is -2.34. The zero-order valence-corrected chi connectivity index (χ0v) is 11.1. The Bertz CT molecular complexity index is 620. The summed E-state index contributed by atoms with van der Waals surface area (Å²) in [5, 5.41) is 12.5. The number of amides is 1. The molecule has 2 rings (SSSR count). The Labute approximate surface area is 115 Å². The average molecular weight is 276 g/mol. The number of H-pyrrole nitrogens is 1. The van der Waals surface area contributed by atoms with E-state index < -0.39 is 18.6 Å². The molecule has 0 fully saturated rings. The van der Waals surface area contributed by atoms with Crippen molar-refractivity contribution >= 4 is 22.8 Å². The van der Waals surface area contributed by atoms with Crippen molar-refractivity contribution in [2.75, 3.05) is 13.7 Å². The molecule has 6 heteroatoms. The van der Waals surface area contributed by atoms with Crippen molar-refractivity contribution in [1.29, 1.82) is 0 Å². The number of hydrogen-bond donors (Lipinski definition) is 3. The van der Waals surface area contributed by atoms with Gasteiger partial charge in [-0.3, -0.25) is 4.79 Å². The Morgan fingerprint density at radius 3 is 2.85 bits per heavy atom. The summed E-state index contributed by atoms with van der Waals surface area (Å²) in [5.74, 6) is -1.01. The highest BCUT2D eigenvalue weighted by atomic mass is 16.5. The predicted octanol–water partition coefficient (Wildman–Crippen LogP) is 0.360. The van der Waals surface area contributed by atoms with E-state index in [1.54, 1.807) is 6.20 Å². The number of nitrogens with one attached hydrogen (secondary N) is 2. The van der Waals surface area contributed by atoms with Gasteiger partial charge in [-0.2, -0.15) is 0 Å². The summed E-state index contributed by atoms with van der Waals surface area (Å²) in [7, 11) is 1.21. The van der Waals surface area contributed by atoms with Crippen LogP contribution in [0.25, 0.3) is 10.9 Å². The Kier molecular flexibility index (Phi) is 4.37. The highest BCUT2D eigenvalue weighted by Gasteiger charge is 2.20. The van der Waals surface area contributed by atoms with E-state index in [2.05, 4.69) is 15.0 Å². The molecule has 1 aromatic heterocycles. The third-order valence-electron chi connectivity index (χ3n) is 3.03. The van der Waals surface area contributed by atoms with Crippen LogP contribution in [0.5, 0.6) is 0 Å². The van der Waals surface area contributed by atoms with Gasteiger partial charge in [0.25, 0.3) is 0 Å². The van der Waals surface area contributed by atoms with Crippen molar-refractivity contribution in [3.05, 3.63) is 36.0 Å². The first-order valence-corrected chi connectivity index (χ1v) is 6.18. The van der Waals surface area contributed by atoms with Gasteiger partial charge in [0.15, 0.2) is 6.04 Å². The Morgan fingerprint density at radius 1 is 1.40 bits per heavy atom. The second-order valence-electron chi connectivity index (χ2n) is 4.36. The molecule has 0 bridgehead atoms. The minimum atomic E-state index is -1.03. The van der Waals surface area contributed by atoms with Crippen molar-refractivity contribution in [2.45, 2.75) is 12.5 Å². The number of aliphatic hydroxyl groups excluding tert-OH is 1. The number of para-hydroxylation sites is 1. The van der Waals surface area contributed by atoms with Gasteiger partial charge in [0, 0.05) is 17.1 Å². The van der Waals surface area contributed by atoms with Gasteiger partial charge < -0.3 is 20.1 Å². The van der Waals surface area contributed by atoms with Crippen molar-refractivity contribution < 1.29 is 19.4 Å². The lowest BCUT2D eigenvalue weighted by Crippen LogP contribution is -2.44. The van der Waals surface area contributed by atoms with E-state index in [1.807, 2.05) is 24.3 Å². The van der Waals surface area contributed by atoms with Crippen LogP contribution in [0.1, 0.15) is 5.56 Å². The number of methoxy groups -OCH3 is 1. The van der Waals surface area contributed by atoms with Crippen LogP contribution in [-0.2, 0) is 20.7 Å². The molecule has 0 saturated carbocycles. The number of aromatic amines is 1. The molecule has 0 saturated heterocycles. The number of carbonyl (C=O) groups excluding carboxylic acids is 2. The van der Waals surface area contributed by atoms with Crippen LogP contribution in [-0.4, -0.2) is 41.7 Å². The highest BCUT2D eigenvalue weighted by Crippen LogP contribution is 2.17. The molecular weight excluding hydrogens is 260 g/mol. The van der Waals surface area contributed by atoms with E-state index in [0.29, 0.717) is 0 Å². The number of carbonyl (C=O) groups is 2. The molecule has 2 aromatic rings. The van der Waals surface area contributed by atoms with Crippen LogP contribution >= 0.6 is 0 Å². The SMILES string of the molecule is COC(=O)[C@H](CO)NC(=O)Cc1c[nH]c2ccccc12. The first kappa shape index (κ1) is 14.1. The monoisotopic (exact) mass is 276 g/mol. The van der Waals surface area contributed by atoms with Gasteiger partial charge in [0.05, 0.1) is 20.1 Å². The molecule has 0 aliphatic heterocycles. The number of rotatable bonds is 5. The predicted molar refractivity (Wildman–Crippen MR) is 73.0 cm³/mol. The fourth-order valence-electron chi connectivity index (χ4n) is 2.02.